The lowest BCUT2D eigenvalue weighted by atomic mass is 9.95. The zero-order valence-corrected chi connectivity index (χ0v) is 16.3. The molecule has 0 aliphatic carbocycles. The Bertz CT molecular complexity index is 1190. The molecule has 2 N–H and O–H groups in total. The van der Waals surface area contributed by atoms with E-state index >= 15 is 0 Å². The summed E-state index contributed by atoms with van der Waals surface area (Å²) in [6.07, 6.45) is 2.18. The standard InChI is InChI=1S/C23H19FN4O2/c1-13-4-2-3-5-16(13)20-19-17(8-10-25-21(19)22(29)27-20)26-23(30)28-11-9-14-6-7-15(24)12-18(14)28/h2-8,10,12,20H,9,11H2,1H3,(H,27,29)(H,25,26,30). The van der Waals surface area contributed by atoms with Crippen molar-refractivity contribution in [2.24, 2.45) is 0 Å². The summed E-state index contributed by atoms with van der Waals surface area (Å²) in [6, 6.07) is 13.2. The fourth-order valence-corrected chi connectivity index (χ4v) is 4.22. The van der Waals surface area contributed by atoms with Gasteiger partial charge in [0.1, 0.15) is 11.5 Å². The normalized spacial score (nSPS) is 16.8. The summed E-state index contributed by atoms with van der Waals surface area (Å²) < 4.78 is 13.7. The number of carbonyl (C=O) groups is 2. The first-order valence-corrected chi connectivity index (χ1v) is 9.75. The maximum Gasteiger partial charge on any atom is 0.326 e. The molecule has 2 aromatic carbocycles. The fourth-order valence-electron chi connectivity index (χ4n) is 4.22. The van der Waals surface area contributed by atoms with Gasteiger partial charge in [0.05, 0.1) is 17.4 Å². The van der Waals surface area contributed by atoms with Crippen molar-refractivity contribution in [2.75, 3.05) is 16.8 Å². The van der Waals surface area contributed by atoms with Gasteiger partial charge >= 0.3 is 6.03 Å². The zero-order valence-electron chi connectivity index (χ0n) is 16.3. The molecule has 6 nitrogen and oxygen atoms in total. The minimum absolute atomic E-state index is 0.275. The predicted molar refractivity (Wildman–Crippen MR) is 111 cm³/mol. The highest BCUT2D eigenvalue weighted by Crippen LogP contribution is 2.37. The van der Waals surface area contributed by atoms with Crippen LogP contribution in [0, 0.1) is 12.7 Å². The lowest BCUT2D eigenvalue weighted by Gasteiger charge is -2.21. The van der Waals surface area contributed by atoms with Crippen LogP contribution in [0.1, 0.15) is 38.8 Å². The van der Waals surface area contributed by atoms with E-state index in [9.17, 15) is 14.0 Å². The smallest absolute Gasteiger partial charge is 0.326 e. The average Bonchev–Trinajstić information content (AvgIpc) is 3.30. The highest BCUT2D eigenvalue weighted by molar-refractivity contribution is 6.06. The van der Waals surface area contributed by atoms with Crippen molar-refractivity contribution in [3.05, 3.63) is 88.5 Å². The number of rotatable bonds is 2. The van der Waals surface area contributed by atoms with Gasteiger partial charge < -0.3 is 10.6 Å². The lowest BCUT2D eigenvalue weighted by molar-refractivity contribution is 0.0956. The highest BCUT2D eigenvalue weighted by atomic mass is 19.1. The molecule has 0 saturated carbocycles. The Kier molecular flexibility index (Phi) is 4.24. The van der Waals surface area contributed by atoms with E-state index in [1.807, 2.05) is 31.2 Å². The van der Waals surface area contributed by atoms with E-state index in [-0.39, 0.29) is 17.8 Å². The van der Waals surface area contributed by atoms with Crippen LogP contribution in [0.5, 0.6) is 0 Å². The largest absolute Gasteiger partial charge is 0.340 e. The van der Waals surface area contributed by atoms with E-state index in [4.69, 9.17) is 0 Å². The van der Waals surface area contributed by atoms with Gasteiger partial charge in [0.25, 0.3) is 5.91 Å². The third-order valence-electron chi connectivity index (χ3n) is 5.70. The number of urea groups is 1. The maximum absolute atomic E-state index is 13.7. The number of aryl methyl sites for hydroxylation is 1. The molecule has 7 heteroatoms. The second kappa shape index (κ2) is 6.95. The first-order chi connectivity index (χ1) is 14.5. The number of hydrogen-bond acceptors (Lipinski definition) is 3. The Morgan fingerprint density at radius 1 is 1.23 bits per heavy atom. The predicted octanol–water partition coefficient (Wildman–Crippen LogP) is 3.96. The summed E-state index contributed by atoms with van der Waals surface area (Å²) >= 11 is 0. The molecule has 0 spiro atoms. The molecule has 1 atom stereocenters. The third-order valence-corrected chi connectivity index (χ3v) is 5.70. The summed E-state index contributed by atoms with van der Waals surface area (Å²) in [4.78, 5) is 31.3. The SMILES string of the molecule is Cc1ccccc1C1NC(=O)c2nccc(NC(=O)N3CCc4ccc(F)cc43)c21. The van der Waals surface area contributed by atoms with Crippen molar-refractivity contribution in [2.45, 2.75) is 19.4 Å². The van der Waals surface area contributed by atoms with Crippen LogP contribution in [0.4, 0.5) is 20.6 Å². The summed E-state index contributed by atoms with van der Waals surface area (Å²) in [5.41, 5.74) is 4.94. The molecular weight excluding hydrogens is 383 g/mol. The van der Waals surface area contributed by atoms with E-state index in [1.165, 1.54) is 23.2 Å². The van der Waals surface area contributed by atoms with Crippen LogP contribution in [-0.4, -0.2) is 23.5 Å². The quantitative estimate of drug-likeness (QED) is 0.682. The molecule has 0 bridgehead atoms. The molecule has 0 fully saturated rings. The van der Waals surface area contributed by atoms with Crippen LogP contribution < -0.4 is 15.5 Å². The van der Waals surface area contributed by atoms with Gasteiger partial charge in [0.15, 0.2) is 0 Å². The molecule has 30 heavy (non-hydrogen) atoms. The number of nitrogens with zero attached hydrogens (tertiary/aromatic N) is 2. The van der Waals surface area contributed by atoms with Crippen LogP contribution in [0.15, 0.2) is 54.7 Å². The average molecular weight is 402 g/mol. The number of benzene rings is 2. The van der Waals surface area contributed by atoms with Crippen LogP contribution in [0.25, 0.3) is 0 Å². The number of halogens is 1. The molecule has 5 rings (SSSR count). The summed E-state index contributed by atoms with van der Waals surface area (Å²) in [7, 11) is 0. The Morgan fingerprint density at radius 3 is 2.90 bits per heavy atom. The van der Waals surface area contributed by atoms with E-state index in [0.717, 1.165) is 16.7 Å². The second-order valence-corrected chi connectivity index (χ2v) is 7.49. The topological polar surface area (TPSA) is 74.3 Å². The van der Waals surface area contributed by atoms with Gasteiger partial charge in [-0.1, -0.05) is 30.3 Å². The lowest BCUT2D eigenvalue weighted by Crippen LogP contribution is -2.34. The number of nitrogens with one attached hydrogen (secondary N) is 2. The minimum Gasteiger partial charge on any atom is -0.340 e. The van der Waals surface area contributed by atoms with Gasteiger partial charge in [-0.25, -0.2) is 9.18 Å². The first-order valence-electron chi connectivity index (χ1n) is 9.75. The molecule has 0 radical (unpaired) electrons. The Balaban J connectivity index is 1.51. The molecule has 1 unspecified atom stereocenters. The molecule has 1 aromatic heterocycles. The van der Waals surface area contributed by atoms with Crippen LogP contribution in [0.3, 0.4) is 0 Å². The summed E-state index contributed by atoms with van der Waals surface area (Å²) in [5, 5.41) is 5.88. The maximum atomic E-state index is 13.7. The first kappa shape index (κ1) is 18.3. The number of amides is 3. The van der Waals surface area contributed by atoms with Crippen molar-refractivity contribution in [1.29, 1.82) is 0 Å². The van der Waals surface area contributed by atoms with Crippen molar-refractivity contribution in [1.82, 2.24) is 10.3 Å². The third kappa shape index (κ3) is 2.90. The molecule has 0 saturated heterocycles. The van der Waals surface area contributed by atoms with Crippen molar-refractivity contribution >= 4 is 23.3 Å². The molecule has 3 heterocycles. The van der Waals surface area contributed by atoms with E-state index < -0.39 is 6.04 Å². The van der Waals surface area contributed by atoms with Gasteiger partial charge in [-0.15, -0.1) is 0 Å². The number of anilines is 2. The van der Waals surface area contributed by atoms with Gasteiger partial charge in [0.2, 0.25) is 0 Å². The van der Waals surface area contributed by atoms with E-state index in [2.05, 4.69) is 15.6 Å². The van der Waals surface area contributed by atoms with Crippen LogP contribution >= 0.6 is 0 Å². The van der Waals surface area contributed by atoms with Crippen molar-refractivity contribution in [3.8, 4) is 0 Å². The summed E-state index contributed by atoms with van der Waals surface area (Å²) in [5.74, 6) is -0.657. The fraction of sp³-hybridized carbons (Fsp3) is 0.174. The van der Waals surface area contributed by atoms with Crippen molar-refractivity contribution in [3.63, 3.8) is 0 Å². The Hall–Kier alpha value is -3.74. The van der Waals surface area contributed by atoms with Gasteiger partial charge in [-0.3, -0.25) is 14.7 Å². The number of hydrogen-bond donors (Lipinski definition) is 2. The Labute approximate surface area is 172 Å². The van der Waals surface area contributed by atoms with Crippen LogP contribution in [0.2, 0.25) is 0 Å². The zero-order chi connectivity index (χ0) is 20.8. The molecule has 2 aliphatic heterocycles. The van der Waals surface area contributed by atoms with Gasteiger partial charge in [-0.2, -0.15) is 0 Å². The van der Waals surface area contributed by atoms with Gasteiger partial charge in [-0.05, 0) is 48.2 Å². The number of carbonyl (C=O) groups excluding carboxylic acids is 2. The van der Waals surface area contributed by atoms with Crippen molar-refractivity contribution < 1.29 is 14.0 Å². The second-order valence-electron chi connectivity index (χ2n) is 7.49. The van der Waals surface area contributed by atoms with Crippen LogP contribution in [-0.2, 0) is 6.42 Å². The molecule has 3 amide bonds. The highest BCUT2D eigenvalue weighted by Gasteiger charge is 2.35. The van der Waals surface area contributed by atoms with E-state index in [0.29, 0.717) is 35.6 Å². The van der Waals surface area contributed by atoms with Gasteiger partial charge in [0, 0.05) is 18.3 Å². The number of fused-ring (bicyclic) bond motifs is 2. The minimum atomic E-state index is -0.402. The number of aromatic nitrogens is 1. The number of pyridine rings is 1. The molecule has 2 aliphatic rings. The van der Waals surface area contributed by atoms with E-state index in [1.54, 1.807) is 12.1 Å². The molecular formula is C23H19FN4O2. The molecule has 150 valence electrons. The molecule has 3 aromatic rings. The summed E-state index contributed by atoms with van der Waals surface area (Å²) in [6.45, 7) is 2.44. The Morgan fingerprint density at radius 2 is 2.07 bits per heavy atom. The monoisotopic (exact) mass is 402 g/mol.